The van der Waals surface area contributed by atoms with E-state index in [1.54, 1.807) is 12.1 Å². The average Bonchev–Trinajstić information content (AvgIpc) is 2.63. The lowest BCUT2D eigenvalue weighted by molar-refractivity contribution is -0.134. The van der Waals surface area contributed by atoms with Gasteiger partial charge in [0.05, 0.1) is 25.3 Å². The van der Waals surface area contributed by atoms with Crippen molar-refractivity contribution in [1.82, 2.24) is 9.80 Å². The highest BCUT2D eigenvalue weighted by atomic mass is 16.5. The number of likely N-dealkylation sites (tertiary alicyclic amines) is 1. The molecule has 1 amide bonds. The topological polar surface area (TPSA) is 70.1 Å². The zero-order valence-corrected chi connectivity index (χ0v) is 13.8. The quantitative estimate of drug-likeness (QED) is 0.903. The minimum Gasteiger partial charge on any atom is -0.478 e. The Bertz CT molecular complexity index is 581. The smallest absolute Gasteiger partial charge is 0.335 e. The predicted octanol–water partition coefficient (Wildman–Crippen LogP) is 1.42. The zero-order chi connectivity index (χ0) is 16.9. The molecule has 2 saturated heterocycles. The maximum absolute atomic E-state index is 12.6. The molecular weight excluding hydrogens is 308 g/mol. The number of carboxylic acid groups (broad SMARTS) is 1. The molecule has 1 N–H and O–H groups in total. The Labute approximate surface area is 142 Å². The first kappa shape index (κ1) is 16.9. The lowest BCUT2D eigenvalue weighted by Gasteiger charge is -2.35. The predicted molar refractivity (Wildman–Crippen MR) is 89.2 cm³/mol. The highest BCUT2D eigenvalue weighted by Gasteiger charge is 2.26. The summed E-state index contributed by atoms with van der Waals surface area (Å²) in [6.45, 7) is 5.04. The van der Waals surface area contributed by atoms with Crippen LogP contribution >= 0.6 is 0 Å². The Hall–Kier alpha value is -1.92. The van der Waals surface area contributed by atoms with Gasteiger partial charge in [0.15, 0.2) is 0 Å². The summed E-state index contributed by atoms with van der Waals surface area (Å²) in [5, 5.41) is 8.99. The molecule has 0 unspecified atom stereocenters. The summed E-state index contributed by atoms with van der Waals surface area (Å²) in [7, 11) is 0. The molecule has 1 aromatic rings. The van der Waals surface area contributed by atoms with E-state index >= 15 is 0 Å². The van der Waals surface area contributed by atoms with E-state index in [1.807, 2.05) is 17.0 Å². The molecular formula is C18H24N2O4. The Kier molecular flexibility index (Phi) is 5.48. The van der Waals surface area contributed by atoms with Gasteiger partial charge in [0, 0.05) is 32.1 Å². The van der Waals surface area contributed by atoms with Crippen LogP contribution in [0.2, 0.25) is 0 Å². The molecule has 1 atom stereocenters. The van der Waals surface area contributed by atoms with Crippen LogP contribution in [-0.2, 0) is 9.53 Å². The van der Waals surface area contributed by atoms with Gasteiger partial charge < -0.3 is 14.7 Å². The van der Waals surface area contributed by atoms with Gasteiger partial charge in [0.2, 0.25) is 5.91 Å². The molecule has 3 rings (SSSR count). The van der Waals surface area contributed by atoms with E-state index in [2.05, 4.69) is 4.90 Å². The van der Waals surface area contributed by atoms with Crippen molar-refractivity contribution in [3.05, 3.63) is 35.4 Å². The third kappa shape index (κ3) is 4.13. The van der Waals surface area contributed by atoms with Gasteiger partial charge >= 0.3 is 5.97 Å². The summed E-state index contributed by atoms with van der Waals surface area (Å²) in [4.78, 5) is 27.6. The number of rotatable bonds is 4. The van der Waals surface area contributed by atoms with Crippen LogP contribution in [0.3, 0.4) is 0 Å². The molecule has 1 aromatic carbocycles. The van der Waals surface area contributed by atoms with Crippen molar-refractivity contribution in [2.24, 2.45) is 0 Å². The van der Waals surface area contributed by atoms with Gasteiger partial charge in [-0.1, -0.05) is 12.1 Å². The normalized spacial score (nSPS) is 22.3. The maximum Gasteiger partial charge on any atom is 0.335 e. The van der Waals surface area contributed by atoms with Crippen LogP contribution in [0.5, 0.6) is 0 Å². The second kappa shape index (κ2) is 7.77. The van der Waals surface area contributed by atoms with Crippen LogP contribution in [-0.4, -0.2) is 72.7 Å². The standard InChI is InChI=1S/C18H24N2O4/c21-17(13-19-8-10-24-11-9-19)20-7-1-2-16(12-20)14-3-5-15(6-4-14)18(22)23/h3-6,16H,1-2,7-13H2,(H,22,23)/t16-/m0/s1. The molecule has 0 radical (unpaired) electrons. The maximum atomic E-state index is 12.6. The Morgan fingerprint density at radius 2 is 1.83 bits per heavy atom. The van der Waals surface area contributed by atoms with E-state index in [4.69, 9.17) is 9.84 Å². The number of carbonyl (C=O) groups excluding carboxylic acids is 1. The van der Waals surface area contributed by atoms with Crippen LogP contribution in [0.25, 0.3) is 0 Å². The molecule has 24 heavy (non-hydrogen) atoms. The fourth-order valence-electron chi connectivity index (χ4n) is 3.42. The van der Waals surface area contributed by atoms with Gasteiger partial charge in [-0.2, -0.15) is 0 Å². The van der Waals surface area contributed by atoms with Crippen LogP contribution < -0.4 is 0 Å². The molecule has 2 aliphatic heterocycles. The summed E-state index contributed by atoms with van der Waals surface area (Å²) in [6, 6.07) is 7.05. The van der Waals surface area contributed by atoms with Crippen molar-refractivity contribution in [3.8, 4) is 0 Å². The van der Waals surface area contributed by atoms with Crippen LogP contribution in [0, 0.1) is 0 Å². The molecule has 2 fully saturated rings. The number of morpholine rings is 1. The van der Waals surface area contributed by atoms with E-state index < -0.39 is 5.97 Å². The van der Waals surface area contributed by atoms with Crippen LogP contribution in [0.4, 0.5) is 0 Å². The Morgan fingerprint density at radius 3 is 2.50 bits per heavy atom. The van der Waals surface area contributed by atoms with Crippen molar-refractivity contribution in [2.75, 3.05) is 45.9 Å². The molecule has 2 aliphatic rings. The third-order valence-corrected chi connectivity index (χ3v) is 4.87. The second-order valence-electron chi connectivity index (χ2n) is 6.49. The summed E-state index contributed by atoms with van der Waals surface area (Å²) < 4.78 is 5.32. The molecule has 6 heteroatoms. The van der Waals surface area contributed by atoms with E-state index in [9.17, 15) is 9.59 Å². The van der Waals surface area contributed by atoms with Gasteiger partial charge in [-0.15, -0.1) is 0 Å². The van der Waals surface area contributed by atoms with Gasteiger partial charge in [-0.3, -0.25) is 9.69 Å². The number of carboxylic acids is 1. The number of hydrogen-bond acceptors (Lipinski definition) is 4. The van der Waals surface area contributed by atoms with Gasteiger partial charge in [0.25, 0.3) is 0 Å². The number of amides is 1. The number of nitrogens with zero attached hydrogens (tertiary/aromatic N) is 2. The molecule has 130 valence electrons. The molecule has 0 aliphatic carbocycles. The Morgan fingerprint density at radius 1 is 1.12 bits per heavy atom. The minimum atomic E-state index is -0.910. The average molecular weight is 332 g/mol. The molecule has 0 aromatic heterocycles. The van der Waals surface area contributed by atoms with Crippen LogP contribution in [0.15, 0.2) is 24.3 Å². The number of piperidine rings is 1. The summed E-state index contributed by atoms with van der Waals surface area (Å²) in [6.07, 6.45) is 2.02. The van der Waals surface area contributed by atoms with Gasteiger partial charge in [-0.25, -0.2) is 4.79 Å². The molecule has 0 bridgehead atoms. The molecule has 6 nitrogen and oxygen atoms in total. The van der Waals surface area contributed by atoms with Gasteiger partial charge in [-0.05, 0) is 30.5 Å². The second-order valence-corrected chi connectivity index (χ2v) is 6.49. The lowest BCUT2D eigenvalue weighted by Crippen LogP contribution is -2.47. The summed E-state index contributed by atoms with van der Waals surface area (Å²) >= 11 is 0. The first-order chi connectivity index (χ1) is 11.6. The third-order valence-electron chi connectivity index (χ3n) is 4.87. The van der Waals surface area contributed by atoms with E-state index in [0.29, 0.717) is 25.3 Å². The number of carbonyl (C=O) groups is 2. The first-order valence-electron chi connectivity index (χ1n) is 8.54. The van der Waals surface area contributed by atoms with Crippen LogP contribution in [0.1, 0.15) is 34.7 Å². The Balaban J connectivity index is 1.58. The fourth-order valence-corrected chi connectivity index (χ4v) is 3.42. The number of ether oxygens (including phenoxy) is 1. The highest BCUT2D eigenvalue weighted by Crippen LogP contribution is 2.27. The van der Waals surface area contributed by atoms with Crippen molar-refractivity contribution >= 4 is 11.9 Å². The van der Waals surface area contributed by atoms with E-state index in [-0.39, 0.29) is 11.8 Å². The first-order valence-corrected chi connectivity index (χ1v) is 8.54. The SMILES string of the molecule is O=C(O)c1ccc([C@H]2CCCN(C(=O)CN3CCOCC3)C2)cc1. The molecule has 0 saturated carbocycles. The van der Waals surface area contributed by atoms with E-state index in [0.717, 1.165) is 44.6 Å². The zero-order valence-electron chi connectivity index (χ0n) is 13.8. The van der Waals surface area contributed by atoms with Crippen molar-refractivity contribution in [1.29, 1.82) is 0 Å². The summed E-state index contributed by atoms with van der Waals surface area (Å²) in [5.41, 5.74) is 1.42. The van der Waals surface area contributed by atoms with Crippen molar-refractivity contribution in [3.63, 3.8) is 0 Å². The number of aromatic carboxylic acids is 1. The monoisotopic (exact) mass is 332 g/mol. The highest BCUT2D eigenvalue weighted by molar-refractivity contribution is 5.87. The number of benzene rings is 1. The van der Waals surface area contributed by atoms with Gasteiger partial charge in [0.1, 0.15) is 0 Å². The van der Waals surface area contributed by atoms with Crippen molar-refractivity contribution in [2.45, 2.75) is 18.8 Å². The fraction of sp³-hybridized carbons (Fsp3) is 0.556. The van der Waals surface area contributed by atoms with E-state index in [1.165, 1.54) is 0 Å². The molecule has 2 heterocycles. The number of hydrogen-bond donors (Lipinski definition) is 1. The largest absolute Gasteiger partial charge is 0.478 e. The van der Waals surface area contributed by atoms with Crippen molar-refractivity contribution < 1.29 is 19.4 Å². The minimum absolute atomic E-state index is 0.184. The molecule has 0 spiro atoms. The lowest BCUT2D eigenvalue weighted by atomic mass is 9.90. The summed E-state index contributed by atoms with van der Waals surface area (Å²) in [5.74, 6) is -0.438.